The minimum absolute atomic E-state index is 0.0181. The van der Waals surface area contributed by atoms with Gasteiger partial charge in [-0.25, -0.2) is 14.8 Å². The van der Waals surface area contributed by atoms with Crippen molar-refractivity contribution in [2.45, 2.75) is 52.3 Å². The number of hydrogen-bond donors (Lipinski definition) is 1. The Balaban J connectivity index is 1.69. The molecule has 226 valence electrons. The highest BCUT2D eigenvalue weighted by Crippen LogP contribution is 2.32. The average Bonchev–Trinajstić information content (AvgIpc) is 2.89. The van der Waals surface area contributed by atoms with Gasteiger partial charge in [-0.05, 0) is 75.6 Å². The van der Waals surface area contributed by atoms with Gasteiger partial charge in [-0.1, -0.05) is 12.1 Å². The summed E-state index contributed by atoms with van der Waals surface area (Å²) in [5, 5.41) is 2.42. The maximum atomic E-state index is 13.8. The summed E-state index contributed by atoms with van der Waals surface area (Å²) in [4.78, 5) is 32.0. The lowest BCUT2D eigenvalue weighted by molar-refractivity contribution is -0.274. The van der Waals surface area contributed by atoms with Crippen LogP contribution in [0.3, 0.4) is 0 Å². The van der Waals surface area contributed by atoms with Crippen molar-refractivity contribution in [2.75, 3.05) is 13.2 Å². The van der Waals surface area contributed by atoms with E-state index in [1.165, 1.54) is 0 Å². The fourth-order valence-corrected chi connectivity index (χ4v) is 3.73. The van der Waals surface area contributed by atoms with Gasteiger partial charge >= 0.3 is 18.5 Å². The van der Waals surface area contributed by atoms with Gasteiger partial charge in [0.05, 0.1) is 12.2 Å². The number of amides is 1. The number of aryl methyl sites for hydroxylation is 1. The molecule has 1 heterocycles. The molecule has 2 aromatic carbocycles. The number of esters is 1. The Morgan fingerprint density at radius 3 is 2.19 bits per heavy atom. The number of rotatable bonds is 10. The zero-order valence-corrected chi connectivity index (χ0v) is 22.9. The molecule has 1 N–H and O–H groups in total. The summed E-state index contributed by atoms with van der Waals surface area (Å²) < 4.78 is 93.0. The SMILES string of the molecule is CCOC(=O)C(C)(C)Oc1ccc(CCNC(=O)c2cnc(-c3ccc(OC(F)(F)F)cc3)nc2C(F)(F)F)cc1C. The largest absolute Gasteiger partial charge is 0.573 e. The van der Waals surface area contributed by atoms with E-state index in [0.717, 1.165) is 29.8 Å². The van der Waals surface area contributed by atoms with Gasteiger partial charge in [0.25, 0.3) is 5.91 Å². The first-order valence-corrected chi connectivity index (χ1v) is 12.5. The molecule has 0 radical (unpaired) electrons. The Bertz CT molecular complexity index is 1420. The summed E-state index contributed by atoms with van der Waals surface area (Å²) in [5.74, 6) is -2.16. The number of nitrogens with one attached hydrogen (secondary N) is 1. The van der Waals surface area contributed by atoms with Gasteiger partial charge in [0.15, 0.2) is 17.1 Å². The number of hydrogen-bond acceptors (Lipinski definition) is 7. The van der Waals surface area contributed by atoms with Crippen LogP contribution >= 0.6 is 0 Å². The molecule has 0 unspecified atom stereocenters. The third-order valence-corrected chi connectivity index (χ3v) is 5.72. The zero-order chi connectivity index (χ0) is 31.3. The minimum Gasteiger partial charge on any atom is -0.476 e. The molecular weight excluding hydrogens is 572 g/mol. The summed E-state index contributed by atoms with van der Waals surface area (Å²) >= 11 is 0. The summed E-state index contributed by atoms with van der Waals surface area (Å²) in [6, 6.07) is 9.03. The number of alkyl halides is 6. The van der Waals surface area contributed by atoms with Crippen LogP contribution in [0, 0.1) is 6.92 Å². The molecule has 14 heteroatoms. The molecule has 0 saturated carbocycles. The number of ether oxygens (including phenoxy) is 3. The molecule has 8 nitrogen and oxygen atoms in total. The van der Waals surface area contributed by atoms with Crippen molar-refractivity contribution in [3.8, 4) is 22.9 Å². The topological polar surface area (TPSA) is 99.6 Å². The number of benzene rings is 2. The fraction of sp³-hybridized carbons (Fsp3) is 0.357. The van der Waals surface area contributed by atoms with Crippen LogP contribution in [0.5, 0.6) is 11.5 Å². The van der Waals surface area contributed by atoms with Gasteiger partial charge in [-0.15, -0.1) is 13.2 Å². The van der Waals surface area contributed by atoms with E-state index in [0.29, 0.717) is 17.5 Å². The van der Waals surface area contributed by atoms with Crippen molar-refractivity contribution >= 4 is 11.9 Å². The predicted molar refractivity (Wildman–Crippen MR) is 138 cm³/mol. The van der Waals surface area contributed by atoms with Gasteiger partial charge in [0.1, 0.15) is 11.5 Å². The number of halogens is 6. The molecule has 0 atom stereocenters. The van der Waals surface area contributed by atoms with Crippen molar-refractivity contribution in [3.63, 3.8) is 0 Å². The van der Waals surface area contributed by atoms with Gasteiger partial charge in [0.2, 0.25) is 0 Å². The molecule has 1 amide bonds. The van der Waals surface area contributed by atoms with Crippen molar-refractivity contribution in [2.24, 2.45) is 0 Å². The van der Waals surface area contributed by atoms with Crippen LogP contribution in [0.15, 0.2) is 48.7 Å². The Morgan fingerprint density at radius 1 is 0.952 bits per heavy atom. The quantitative estimate of drug-likeness (QED) is 0.223. The fourth-order valence-electron chi connectivity index (χ4n) is 3.73. The second kappa shape index (κ2) is 12.7. The smallest absolute Gasteiger partial charge is 0.476 e. The molecule has 0 saturated heterocycles. The van der Waals surface area contributed by atoms with Crippen molar-refractivity contribution in [1.29, 1.82) is 0 Å². The molecule has 1 aromatic heterocycles. The van der Waals surface area contributed by atoms with Crippen LogP contribution in [-0.2, 0) is 22.1 Å². The molecule has 0 fully saturated rings. The monoisotopic (exact) mass is 599 g/mol. The Hall–Kier alpha value is -4.36. The number of aromatic nitrogens is 2. The van der Waals surface area contributed by atoms with E-state index in [1.54, 1.807) is 45.9 Å². The van der Waals surface area contributed by atoms with E-state index in [9.17, 15) is 35.9 Å². The summed E-state index contributed by atoms with van der Waals surface area (Å²) in [6.07, 6.45) is -8.98. The molecule has 0 spiro atoms. The van der Waals surface area contributed by atoms with Crippen LogP contribution in [0.4, 0.5) is 26.3 Å². The molecule has 0 bridgehead atoms. The number of carbonyl (C=O) groups is 2. The van der Waals surface area contributed by atoms with Crippen molar-refractivity contribution < 1.29 is 50.1 Å². The number of carbonyl (C=O) groups excluding carboxylic acids is 2. The van der Waals surface area contributed by atoms with Crippen LogP contribution < -0.4 is 14.8 Å². The summed E-state index contributed by atoms with van der Waals surface area (Å²) in [5.41, 5.74) is -2.12. The van der Waals surface area contributed by atoms with E-state index in [4.69, 9.17) is 9.47 Å². The first-order chi connectivity index (χ1) is 19.5. The van der Waals surface area contributed by atoms with Crippen LogP contribution in [-0.4, -0.2) is 47.0 Å². The molecular formula is C28H27F6N3O5. The van der Waals surface area contributed by atoms with Gasteiger partial charge in [-0.2, -0.15) is 13.2 Å². The van der Waals surface area contributed by atoms with Gasteiger partial charge in [0, 0.05) is 18.3 Å². The van der Waals surface area contributed by atoms with E-state index >= 15 is 0 Å². The van der Waals surface area contributed by atoms with E-state index in [-0.39, 0.29) is 25.1 Å². The highest BCUT2D eigenvalue weighted by Gasteiger charge is 2.38. The minimum atomic E-state index is -5.02. The van der Waals surface area contributed by atoms with Crippen molar-refractivity contribution in [3.05, 3.63) is 71.0 Å². The highest BCUT2D eigenvalue weighted by molar-refractivity contribution is 5.95. The normalized spacial score (nSPS) is 12.0. The molecule has 0 aliphatic carbocycles. The standard InChI is InChI=1S/C28H27F6N3O5/c1-5-40-25(39)26(3,4)42-21-11-6-17(14-16(21)2)12-13-35-24(38)20-15-36-23(37-22(20)27(29,30)31)18-7-9-19(10-8-18)41-28(32,33)34/h6-11,14-15H,5,12-13H2,1-4H3,(H,35,38). The maximum absolute atomic E-state index is 13.8. The second-order valence-electron chi connectivity index (χ2n) is 9.46. The molecule has 3 rings (SSSR count). The number of nitrogens with zero attached hydrogens (tertiary/aromatic N) is 2. The summed E-state index contributed by atoms with van der Waals surface area (Å²) in [6.45, 7) is 6.76. The first-order valence-electron chi connectivity index (χ1n) is 12.5. The maximum Gasteiger partial charge on any atom is 0.573 e. The van der Waals surface area contributed by atoms with Gasteiger partial charge in [-0.3, -0.25) is 4.79 Å². The lowest BCUT2D eigenvalue weighted by Gasteiger charge is -2.25. The zero-order valence-electron chi connectivity index (χ0n) is 22.9. The average molecular weight is 600 g/mol. The second-order valence-corrected chi connectivity index (χ2v) is 9.46. The van der Waals surface area contributed by atoms with E-state index < -0.39 is 52.8 Å². The lowest BCUT2D eigenvalue weighted by Crippen LogP contribution is -2.39. The molecule has 0 aliphatic rings. The van der Waals surface area contributed by atoms with Gasteiger partial charge < -0.3 is 19.5 Å². The molecule has 3 aromatic rings. The van der Waals surface area contributed by atoms with Crippen LogP contribution in [0.1, 0.15) is 48.0 Å². The van der Waals surface area contributed by atoms with Crippen LogP contribution in [0.2, 0.25) is 0 Å². The van der Waals surface area contributed by atoms with E-state index in [2.05, 4.69) is 20.0 Å². The van der Waals surface area contributed by atoms with E-state index in [1.807, 2.05) is 0 Å². The Morgan fingerprint density at radius 2 is 1.62 bits per heavy atom. The third kappa shape index (κ3) is 8.57. The Kier molecular flexibility index (Phi) is 9.69. The molecule has 0 aliphatic heterocycles. The lowest BCUT2D eigenvalue weighted by atomic mass is 10.1. The Labute approximate surface area is 237 Å². The predicted octanol–water partition coefficient (Wildman–Crippen LogP) is 6.06. The van der Waals surface area contributed by atoms with Crippen molar-refractivity contribution in [1.82, 2.24) is 15.3 Å². The molecule has 42 heavy (non-hydrogen) atoms. The first kappa shape index (κ1) is 32.2. The summed E-state index contributed by atoms with van der Waals surface area (Å²) in [7, 11) is 0. The van der Waals surface area contributed by atoms with Crippen LogP contribution in [0.25, 0.3) is 11.4 Å². The highest BCUT2D eigenvalue weighted by atomic mass is 19.4. The third-order valence-electron chi connectivity index (χ3n) is 5.72.